The molecule has 19 heavy (non-hydrogen) atoms. The lowest BCUT2D eigenvalue weighted by molar-refractivity contribution is -0.147. The number of hydrogen-bond donors (Lipinski definition) is 1. The summed E-state index contributed by atoms with van der Waals surface area (Å²) in [6.07, 6.45) is 0. The first kappa shape index (κ1) is 13.7. The summed E-state index contributed by atoms with van der Waals surface area (Å²) in [5.74, 6) is 0.145. The Morgan fingerprint density at radius 3 is 2.58 bits per heavy atom. The summed E-state index contributed by atoms with van der Waals surface area (Å²) in [5.41, 5.74) is 6.18. The van der Waals surface area contributed by atoms with Gasteiger partial charge in [0.25, 0.3) is 0 Å². The van der Waals surface area contributed by atoms with Gasteiger partial charge in [-0.05, 0) is 36.4 Å². The van der Waals surface area contributed by atoms with Crippen LogP contribution in [0, 0.1) is 0 Å². The highest BCUT2D eigenvalue weighted by molar-refractivity contribution is 7.16. The molecule has 6 heteroatoms. The third-order valence-corrected chi connectivity index (χ3v) is 3.45. The van der Waals surface area contributed by atoms with Crippen molar-refractivity contribution < 1.29 is 14.3 Å². The number of carbonyl (C=O) groups excluding carboxylic acids is 1. The lowest BCUT2D eigenvalue weighted by Crippen LogP contribution is -2.14. The molecule has 2 aromatic rings. The Morgan fingerprint density at radius 1 is 1.21 bits per heavy atom. The first-order valence-corrected chi connectivity index (χ1v) is 6.71. The maximum atomic E-state index is 11.5. The highest BCUT2D eigenvalue weighted by Gasteiger charge is 2.06. The number of nitrogens with two attached hydrogens (primary N) is 1. The van der Waals surface area contributed by atoms with Crippen molar-refractivity contribution in [1.82, 2.24) is 0 Å². The summed E-state index contributed by atoms with van der Waals surface area (Å²) >= 11 is 7.15. The molecule has 0 saturated carbocycles. The minimum atomic E-state index is -0.429. The van der Waals surface area contributed by atoms with E-state index in [-0.39, 0.29) is 13.2 Å². The van der Waals surface area contributed by atoms with Crippen LogP contribution in [0.1, 0.15) is 4.88 Å². The van der Waals surface area contributed by atoms with Gasteiger partial charge in [-0.3, -0.25) is 0 Å². The van der Waals surface area contributed by atoms with Crippen molar-refractivity contribution in [3.05, 3.63) is 45.6 Å². The standard InChI is InChI=1S/C13H12ClNO3S/c14-12-6-5-11(19-12)7-18-13(16)8-17-10-3-1-9(15)2-4-10/h1-6H,7-8,15H2. The lowest BCUT2D eigenvalue weighted by atomic mass is 10.3. The quantitative estimate of drug-likeness (QED) is 0.680. The number of ether oxygens (including phenoxy) is 2. The number of anilines is 1. The second kappa shape index (κ2) is 6.45. The molecule has 4 nitrogen and oxygen atoms in total. The number of nitrogen functional groups attached to an aromatic ring is 1. The van der Waals surface area contributed by atoms with Gasteiger partial charge in [-0.15, -0.1) is 11.3 Å². The molecule has 0 saturated heterocycles. The summed E-state index contributed by atoms with van der Waals surface area (Å²) in [6.45, 7) is 0.0738. The van der Waals surface area contributed by atoms with Crippen LogP contribution in [0.4, 0.5) is 5.69 Å². The molecule has 100 valence electrons. The van der Waals surface area contributed by atoms with Crippen LogP contribution in [0.3, 0.4) is 0 Å². The topological polar surface area (TPSA) is 61.5 Å². The van der Waals surface area contributed by atoms with E-state index < -0.39 is 5.97 Å². The third kappa shape index (κ3) is 4.46. The second-order valence-electron chi connectivity index (χ2n) is 3.72. The average molecular weight is 298 g/mol. The Hall–Kier alpha value is -1.72. The van der Waals surface area contributed by atoms with Gasteiger partial charge in [-0.25, -0.2) is 4.79 Å². The number of carbonyl (C=O) groups is 1. The fourth-order valence-corrected chi connectivity index (χ4v) is 2.33. The Balaban J connectivity index is 1.74. The van der Waals surface area contributed by atoms with Crippen LogP contribution in [-0.4, -0.2) is 12.6 Å². The Morgan fingerprint density at radius 2 is 1.95 bits per heavy atom. The van der Waals surface area contributed by atoms with Crippen LogP contribution in [0.25, 0.3) is 0 Å². The molecule has 0 fully saturated rings. The fourth-order valence-electron chi connectivity index (χ4n) is 1.33. The van der Waals surface area contributed by atoms with E-state index in [4.69, 9.17) is 26.8 Å². The molecule has 0 spiro atoms. The normalized spacial score (nSPS) is 10.2. The molecule has 0 aliphatic rings. The molecule has 2 rings (SSSR count). The Labute approximate surface area is 119 Å². The van der Waals surface area contributed by atoms with Gasteiger partial charge in [0.2, 0.25) is 0 Å². The maximum absolute atomic E-state index is 11.5. The molecule has 1 aromatic heterocycles. The SMILES string of the molecule is Nc1ccc(OCC(=O)OCc2ccc(Cl)s2)cc1. The molecule has 0 atom stereocenters. The van der Waals surface area contributed by atoms with Crippen LogP contribution in [-0.2, 0) is 16.1 Å². The van der Waals surface area contributed by atoms with Gasteiger partial charge in [0.15, 0.2) is 6.61 Å². The van der Waals surface area contributed by atoms with Crippen molar-refractivity contribution in [2.45, 2.75) is 6.61 Å². The molecule has 0 amide bonds. The predicted molar refractivity (Wildman–Crippen MR) is 75.5 cm³/mol. The predicted octanol–water partition coefficient (Wildman–Crippen LogP) is 3.11. The van der Waals surface area contributed by atoms with Crippen molar-refractivity contribution in [3.63, 3.8) is 0 Å². The summed E-state index contributed by atoms with van der Waals surface area (Å²) in [4.78, 5) is 12.4. The number of rotatable bonds is 5. The fraction of sp³-hybridized carbons (Fsp3) is 0.154. The van der Waals surface area contributed by atoms with E-state index in [1.165, 1.54) is 11.3 Å². The Kier molecular flexibility index (Phi) is 4.65. The van der Waals surface area contributed by atoms with E-state index in [0.717, 1.165) is 4.88 Å². The van der Waals surface area contributed by atoms with E-state index in [1.54, 1.807) is 30.3 Å². The first-order chi connectivity index (χ1) is 9.13. The van der Waals surface area contributed by atoms with Crippen molar-refractivity contribution in [2.24, 2.45) is 0 Å². The minimum absolute atomic E-state index is 0.136. The van der Waals surface area contributed by atoms with E-state index >= 15 is 0 Å². The van der Waals surface area contributed by atoms with E-state index in [0.29, 0.717) is 15.8 Å². The average Bonchev–Trinajstić information content (AvgIpc) is 2.81. The van der Waals surface area contributed by atoms with Crippen molar-refractivity contribution in [3.8, 4) is 5.75 Å². The van der Waals surface area contributed by atoms with E-state index in [1.807, 2.05) is 6.07 Å². The van der Waals surface area contributed by atoms with Gasteiger partial charge in [0.05, 0.1) is 4.34 Å². The van der Waals surface area contributed by atoms with Gasteiger partial charge in [-0.2, -0.15) is 0 Å². The number of halogens is 1. The molecule has 1 heterocycles. The summed E-state index contributed by atoms with van der Waals surface area (Å²) in [6, 6.07) is 10.4. The highest BCUT2D eigenvalue weighted by Crippen LogP contribution is 2.22. The van der Waals surface area contributed by atoms with Crippen LogP contribution in [0.5, 0.6) is 5.75 Å². The number of benzene rings is 1. The monoisotopic (exact) mass is 297 g/mol. The van der Waals surface area contributed by atoms with Gasteiger partial charge in [-0.1, -0.05) is 11.6 Å². The zero-order valence-corrected chi connectivity index (χ0v) is 11.5. The van der Waals surface area contributed by atoms with Crippen LogP contribution in [0.2, 0.25) is 4.34 Å². The molecule has 0 unspecified atom stereocenters. The number of hydrogen-bond acceptors (Lipinski definition) is 5. The summed E-state index contributed by atoms with van der Waals surface area (Å²) in [5, 5.41) is 0. The molecule has 1 aromatic carbocycles. The zero-order valence-electron chi connectivity index (χ0n) is 9.97. The largest absolute Gasteiger partial charge is 0.482 e. The molecule has 0 aliphatic heterocycles. The minimum Gasteiger partial charge on any atom is -0.482 e. The molecule has 0 radical (unpaired) electrons. The number of esters is 1. The van der Waals surface area contributed by atoms with Crippen LogP contribution in [0.15, 0.2) is 36.4 Å². The molecule has 0 bridgehead atoms. The molecule has 0 aliphatic carbocycles. The van der Waals surface area contributed by atoms with Crippen molar-refractivity contribution >= 4 is 34.6 Å². The Bertz CT molecular complexity index is 553. The van der Waals surface area contributed by atoms with E-state index in [9.17, 15) is 4.79 Å². The highest BCUT2D eigenvalue weighted by atomic mass is 35.5. The molecular formula is C13H12ClNO3S. The van der Waals surface area contributed by atoms with Gasteiger partial charge < -0.3 is 15.2 Å². The van der Waals surface area contributed by atoms with Crippen molar-refractivity contribution in [1.29, 1.82) is 0 Å². The summed E-state index contributed by atoms with van der Waals surface area (Å²) < 4.78 is 11.0. The maximum Gasteiger partial charge on any atom is 0.344 e. The third-order valence-electron chi connectivity index (χ3n) is 2.24. The van der Waals surface area contributed by atoms with Gasteiger partial charge >= 0.3 is 5.97 Å². The second-order valence-corrected chi connectivity index (χ2v) is 5.52. The smallest absolute Gasteiger partial charge is 0.344 e. The molecule has 2 N–H and O–H groups in total. The number of thiophene rings is 1. The van der Waals surface area contributed by atoms with Gasteiger partial charge in [0, 0.05) is 10.6 Å². The summed E-state index contributed by atoms with van der Waals surface area (Å²) in [7, 11) is 0. The van der Waals surface area contributed by atoms with Gasteiger partial charge in [0.1, 0.15) is 12.4 Å². The zero-order chi connectivity index (χ0) is 13.7. The van der Waals surface area contributed by atoms with Crippen LogP contribution >= 0.6 is 22.9 Å². The van der Waals surface area contributed by atoms with Crippen LogP contribution < -0.4 is 10.5 Å². The molecular weight excluding hydrogens is 286 g/mol. The van der Waals surface area contributed by atoms with E-state index in [2.05, 4.69) is 0 Å². The first-order valence-electron chi connectivity index (χ1n) is 5.51. The lowest BCUT2D eigenvalue weighted by Gasteiger charge is -2.06. The van der Waals surface area contributed by atoms with Crippen molar-refractivity contribution in [2.75, 3.05) is 12.3 Å².